The van der Waals surface area contributed by atoms with Gasteiger partial charge in [-0.2, -0.15) is 0 Å². The third-order valence-electron chi connectivity index (χ3n) is 2.74. The molecule has 0 aliphatic rings. The quantitative estimate of drug-likeness (QED) is 0.588. The third-order valence-corrected chi connectivity index (χ3v) is 4.21. The summed E-state index contributed by atoms with van der Waals surface area (Å²) < 4.78 is 31.2. The molecule has 0 fully saturated rings. The molecule has 20 heavy (non-hydrogen) atoms. The van der Waals surface area contributed by atoms with E-state index in [-0.39, 0.29) is 10.9 Å². The lowest BCUT2D eigenvalue weighted by molar-refractivity contribution is -0.143. The van der Waals surface area contributed by atoms with Crippen molar-refractivity contribution in [2.75, 3.05) is 13.2 Å². The number of aryl methyl sites for hydroxylation is 1. The monoisotopic (exact) mass is 299 g/mol. The van der Waals surface area contributed by atoms with Crippen LogP contribution in [0.15, 0.2) is 29.2 Å². The zero-order chi connectivity index (χ0) is 15.0. The lowest BCUT2D eigenvalue weighted by atomic mass is 10.2. The highest BCUT2D eigenvalue weighted by molar-refractivity contribution is 7.89. The second kappa shape index (κ2) is 8.01. The van der Waals surface area contributed by atoms with E-state index in [9.17, 15) is 13.2 Å². The summed E-state index contributed by atoms with van der Waals surface area (Å²) in [5.41, 5.74) is 1.01. The minimum atomic E-state index is -3.45. The van der Waals surface area contributed by atoms with Crippen molar-refractivity contribution < 1.29 is 17.9 Å². The number of sulfonamides is 1. The number of hydrogen-bond donors (Lipinski definition) is 1. The third kappa shape index (κ3) is 5.71. The van der Waals surface area contributed by atoms with Crippen molar-refractivity contribution in [3.05, 3.63) is 29.8 Å². The first-order valence-electron chi connectivity index (χ1n) is 6.67. The molecule has 1 aromatic rings. The SMILES string of the molecule is CCOC(=O)CCCCNS(=O)(=O)c1ccc(C)cc1. The maximum atomic E-state index is 11.9. The van der Waals surface area contributed by atoms with E-state index >= 15 is 0 Å². The first-order valence-corrected chi connectivity index (χ1v) is 8.16. The maximum absolute atomic E-state index is 11.9. The fraction of sp³-hybridized carbons (Fsp3) is 0.500. The smallest absolute Gasteiger partial charge is 0.305 e. The van der Waals surface area contributed by atoms with E-state index in [4.69, 9.17) is 4.74 Å². The molecule has 0 atom stereocenters. The Morgan fingerprint density at radius 2 is 1.85 bits per heavy atom. The van der Waals surface area contributed by atoms with Crippen LogP contribution >= 0.6 is 0 Å². The highest BCUT2D eigenvalue weighted by atomic mass is 32.2. The molecule has 1 aromatic carbocycles. The van der Waals surface area contributed by atoms with Gasteiger partial charge in [0.25, 0.3) is 0 Å². The maximum Gasteiger partial charge on any atom is 0.305 e. The summed E-state index contributed by atoms with van der Waals surface area (Å²) in [7, 11) is -3.45. The predicted molar refractivity (Wildman–Crippen MR) is 76.9 cm³/mol. The van der Waals surface area contributed by atoms with Gasteiger partial charge in [0.05, 0.1) is 11.5 Å². The van der Waals surface area contributed by atoms with E-state index in [1.54, 1.807) is 31.2 Å². The van der Waals surface area contributed by atoms with Gasteiger partial charge in [-0.3, -0.25) is 4.79 Å². The van der Waals surface area contributed by atoms with Gasteiger partial charge in [-0.15, -0.1) is 0 Å². The Morgan fingerprint density at radius 1 is 1.20 bits per heavy atom. The van der Waals surface area contributed by atoms with Gasteiger partial charge < -0.3 is 4.74 Å². The van der Waals surface area contributed by atoms with Crippen molar-refractivity contribution in [3.63, 3.8) is 0 Å². The summed E-state index contributed by atoms with van der Waals surface area (Å²) >= 11 is 0. The number of nitrogens with one attached hydrogen (secondary N) is 1. The van der Waals surface area contributed by atoms with Gasteiger partial charge in [0.15, 0.2) is 0 Å². The van der Waals surface area contributed by atoms with Crippen LogP contribution in [0.5, 0.6) is 0 Å². The molecule has 0 saturated heterocycles. The van der Waals surface area contributed by atoms with Crippen molar-refractivity contribution >= 4 is 16.0 Å². The largest absolute Gasteiger partial charge is 0.466 e. The molecule has 0 aliphatic heterocycles. The van der Waals surface area contributed by atoms with Crippen molar-refractivity contribution in [2.45, 2.75) is 38.0 Å². The normalized spacial score (nSPS) is 11.3. The summed E-state index contributed by atoms with van der Waals surface area (Å²) in [6.07, 6.45) is 1.53. The second-order valence-corrected chi connectivity index (χ2v) is 6.24. The molecule has 0 aromatic heterocycles. The van der Waals surface area contributed by atoms with Gasteiger partial charge in [0, 0.05) is 13.0 Å². The standard InChI is InChI=1S/C14H21NO4S/c1-3-19-14(16)6-4-5-11-15-20(17,18)13-9-7-12(2)8-10-13/h7-10,15H,3-6,11H2,1-2H3. The summed E-state index contributed by atoms with van der Waals surface area (Å²) in [5.74, 6) is -0.242. The Morgan fingerprint density at radius 3 is 2.45 bits per heavy atom. The van der Waals surface area contributed by atoms with Gasteiger partial charge in [-0.1, -0.05) is 17.7 Å². The molecule has 0 bridgehead atoms. The molecule has 0 unspecified atom stereocenters. The highest BCUT2D eigenvalue weighted by Crippen LogP contribution is 2.09. The predicted octanol–water partition coefficient (Wildman–Crippen LogP) is 2.01. The molecule has 6 heteroatoms. The molecule has 1 rings (SSSR count). The lowest BCUT2D eigenvalue weighted by Crippen LogP contribution is -2.24. The number of hydrogen-bond acceptors (Lipinski definition) is 4. The average molecular weight is 299 g/mol. The first kappa shape index (κ1) is 16.7. The minimum Gasteiger partial charge on any atom is -0.466 e. The van der Waals surface area contributed by atoms with Crippen LogP contribution in [0.3, 0.4) is 0 Å². The molecule has 0 heterocycles. The molecule has 0 spiro atoms. The summed E-state index contributed by atoms with van der Waals surface area (Å²) in [5, 5.41) is 0. The van der Waals surface area contributed by atoms with Gasteiger partial charge in [-0.25, -0.2) is 13.1 Å². The van der Waals surface area contributed by atoms with Crippen LogP contribution in [0.1, 0.15) is 31.7 Å². The van der Waals surface area contributed by atoms with E-state index in [0.717, 1.165) is 5.56 Å². The number of carbonyl (C=O) groups is 1. The Hall–Kier alpha value is -1.40. The van der Waals surface area contributed by atoms with Crippen molar-refractivity contribution in [1.82, 2.24) is 4.72 Å². The molecular formula is C14H21NO4S. The van der Waals surface area contributed by atoms with Crippen LogP contribution in [-0.4, -0.2) is 27.5 Å². The molecule has 5 nitrogen and oxygen atoms in total. The zero-order valence-electron chi connectivity index (χ0n) is 11.9. The number of benzene rings is 1. The van der Waals surface area contributed by atoms with Gasteiger partial charge in [-0.05, 0) is 38.8 Å². The number of unbranched alkanes of at least 4 members (excludes halogenated alkanes) is 1. The Bertz CT molecular complexity index is 523. The molecule has 1 N–H and O–H groups in total. The molecular weight excluding hydrogens is 278 g/mol. The summed E-state index contributed by atoms with van der Waals surface area (Å²) in [6.45, 7) is 4.35. The second-order valence-electron chi connectivity index (χ2n) is 4.47. The fourth-order valence-electron chi connectivity index (χ4n) is 1.63. The van der Waals surface area contributed by atoms with Crippen LogP contribution in [-0.2, 0) is 19.6 Å². The van der Waals surface area contributed by atoms with Crippen LogP contribution in [0.4, 0.5) is 0 Å². The molecule has 0 amide bonds. The van der Waals surface area contributed by atoms with E-state index in [0.29, 0.717) is 32.4 Å². The van der Waals surface area contributed by atoms with E-state index < -0.39 is 10.0 Å². The number of rotatable bonds is 8. The van der Waals surface area contributed by atoms with Crippen LogP contribution in [0.25, 0.3) is 0 Å². The van der Waals surface area contributed by atoms with Crippen LogP contribution < -0.4 is 4.72 Å². The Kier molecular flexibility index (Phi) is 6.67. The van der Waals surface area contributed by atoms with Gasteiger partial charge in [0.1, 0.15) is 0 Å². The molecule has 112 valence electrons. The fourth-order valence-corrected chi connectivity index (χ4v) is 2.71. The number of ether oxygens (including phenoxy) is 1. The van der Waals surface area contributed by atoms with Crippen molar-refractivity contribution in [1.29, 1.82) is 0 Å². The molecule has 0 saturated carbocycles. The number of carbonyl (C=O) groups excluding carboxylic acids is 1. The summed E-state index contributed by atoms with van der Waals surface area (Å²) in [4.78, 5) is 11.4. The Balaban J connectivity index is 2.34. The van der Waals surface area contributed by atoms with Gasteiger partial charge in [0.2, 0.25) is 10.0 Å². The molecule has 0 aliphatic carbocycles. The van der Waals surface area contributed by atoms with Crippen molar-refractivity contribution in [3.8, 4) is 0 Å². The summed E-state index contributed by atoms with van der Waals surface area (Å²) in [6, 6.07) is 6.68. The Labute approximate surface area is 120 Å². The minimum absolute atomic E-state index is 0.242. The van der Waals surface area contributed by atoms with Gasteiger partial charge >= 0.3 is 5.97 Å². The van der Waals surface area contributed by atoms with E-state index in [1.807, 2.05) is 6.92 Å². The lowest BCUT2D eigenvalue weighted by Gasteiger charge is -2.07. The molecule has 0 radical (unpaired) electrons. The highest BCUT2D eigenvalue weighted by Gasteiger charge is 2.12. The van der Waals surface area contributed by atoms with E-state index in [1.165, 1.54) is 0 Å². The zero-order valence-corrected chi connectivity index (χ0v) is 12.7. The van der Waals surface area contributed by atoms with Crippen LogP contribution in [0, 0.1) is 6.92 Å². The first-order chi connectivity index (χ1) is 9.45. The van der Waals surface area contributed by atoms with Crippen molar-refractivity contribution in [2.24, 2.45) is 0 Å². The van der Waals surface area contributed by atoms with Crippen LogP contribution in [0.2, 0.25) is 0 Å². The number of esters is 1. The topological polar surface area (TPSA) is 72.5 Å². The van der Waals surface area contributed by atoms with E-state index in [2.05, 4.69) is 4.72 Å². The average Bonchev–Trinajstić information content (AvgIpc) is 2.39.